The molecule has 5 nitrogen and oxygen atoms in total. The lowest BCUT2D eigenvalue weighted by Gasteiger charge is -2.38. The lowest BCUT2D eigenvalue weighted by molar-refractivity contribution is -0.0735. The number of nitrogens with one attached hydrogen (secondary N) is 1. The highest BCUT2D eigenvalue weighted by Crippen LogP contribution is 2.29. The smallest absolute Gasteiger partial charge is 0.318 e. The zero-order chi connectivity index (χ0) is 18.9. The van der Waals surface area contributed by atoms with Crippen LogP contribution in [0.3, 0.4) is 0 Å². The highest BCUT2D eigenvalue weighted by Gasteiger charge is 2.31. The summed E-state index contributed by atoms with van der Waals surface area (Å²) in [6.07, 6.45) is 0. The number of morpholine rings is 1. The number of carbonyl (C=O) groups is 1. The Labute approximate surface area is 158 Å². The van der Waals surface area contributed by atoms with Gasteiger partial charge < -0.3 is 19.4 Å². The third-order valence-electron chi connectivity index (χ3n) is 4.84. The van der Waals surface area contributed by atoms with Crippen molar-refractivity contribution >= 4 is 17.0 Å². The summed E-state index contributed by atoms with van der Waals surface area (Å²) in [6, 6.07) is 19.3. The second kappa shape index (κ2) is 7.08. The van der Waals surface area contributed by atoms with E-state index < -0.39 is 0 Å². The first kappa shape index (κ1) is 17.6. The largest absolute Gasteiger partial charge is 0.459 e. The van der Waals surface area contributed by atoms with Gasteiger partial charge in [0.15, 0.2) is 0 Å². The van der Waals surface area contributed by atoms with Crippen LogP contribution in [0, 0.1) is 0 Å². The molecule has 27 heavy (non-hydrogen) atoms. The first-order chi connectivity index (χ1) is 13.0. The average molecular weight is 364 g/mol. The maximum Gasteiger partial charge on any atom is 0.318 e. The van der Waals surface area contributed by atoms with E-state index in [1.165, 1.54) is 0 Å². The molecule has 3 aromatic rings. The topological polar surface area (TPSA) is 54.7 Å². The molecule has 2 heterocycles. The summed E-state index contributed by atoms with van der Waals surface area (Å²) < 4.78 is 11.8. The standard InChI is InChI=1S/C22H24N2O3/c1-22(2)15-24(12-13-26-22)21(25)23-20(16-8-4-3-5-9-16)19-14-17-10-6-7-11-18(17)27-19/h3-11,14,20H,12-13,15H2,1-2H3,(H,23,25). The van der Waals surface area contributed by atoms with E-state index in [4.69, 9.17) is 9.15 Å². The van der Waals surface area contributed by atoms with Gasteiger partial charge in [0.1, 0.15) is 17.4 Å². The highest BCUT2D eigenvalue weighted by molar-refractivity contribution is 5.79. The summed E-state index contributed by atoms with van der Waals surface area (Å²) in [5.41, 5.74) is 1.46. The van der Waals surface area contributed by atoms with E-state index in [1.807, 2.05) is 79.4 Å². The van der Waals surface area contributed by atoms with Crippen LogP contribution in [0.5, 0.6) is 0 Å². The number of furan rings is 1. The normalized spacial score (nSPS) is 17.6. The Morgan fingerprint density at radius 1 is 1.11 bits per heavy atom. The van der Waals surface area contributed by atoms with Gasteiger partial charge in [0.2, 0.25) is 0 Å². The van der Waals surface area contributed by atoms with Crippen molar-refractivity contribution in [1.29, 1.82) is 0 Å². The van der Waals surface area contributed by atoms with Crippen LogP contribution in [0.25, 0.3) is 11.0 Å². The summed E-state index contributed by atoms with van der Waals surface area (Å²) in [5, 5.41) is 4.18. The Kier molecular flexibility index (Phi) is 4.62. The van der Waals surface area contributed by atoms with Crippen LogP contribution in [0.15, 0.2) is 65.1 Å². The van der Waals surface area contributed by atoms with Gasteiger partial charge in [-0.05, 0) is 31.5 Å². The fourth-order valence-corrected chi connectivity index (χ4v) is 3.51. The van der Waals surface area contributed by atoms with Crippen molar-refractivity contribution in [3.8, 4) is 0 Å². The molecule has 1 aliphatic heterocycles. The Hall–Kier alpha value is -2.79. The lowest BCUT2D eigenvalue weighted by Crippen LogP contribution is -2.54. The highest BCUT2D eigenvalue weighted by atomic mass is 16.5. The number of hydrogen-bond donors (Lipinski definition) is 1. The summed E-state index contributed by atoms with van der Waals surface area (Å²) in [6.45, 7) is 5.68. The van der Waals surface area contributed by atoms with E-state index >= 15 is 0 Å². The molecule has 4 rings (SSSR count). The summed E-state index contributed by atoms with van der Waals surface area (Å²) in [5.74, 6) is 0.725. The number of urea groups is 1. The van der Waals surface area contributed by atoms with Crippen molar-refractivity contribution in [3.63, 3.8) is 0 Å². The van der Waals surface area contributed by atoms with Crippen LogP contribution < -0.4 is 5.32 Å². The third kappa shape index (κ3) is 3.83. The first-order valence-corrected chi connectivity index (χ1v) is 9.25. The molecule has 5 heteroatoms. The van der Waals surface area contributed by atoms with E-state index in [-0.39, 0.29) is 17.7 Å². The Bertz CT molecular complexity index is 900. The van der Waals surface area contributed by atoms with Crippen molar-refractivity contribution in [2.24, 2.45) is 0 Å². The number of ether oxygens (including phenoxy) is 1. The van der Waals surface area contributed by atoms with Crippen LogP contribution in [-0.4, -0.2) is 36.2 Å². The predicted octanol–water partition coefficient (Wildman–Crippen LogP) is 4.34. The molecule has 140 valence electrons. The van der Waals surface area contributed by atoms with Gasteiger partial charge in [-0.2, -0.15) is 0 Å². The molecule has 2 amide bonds. The summed E-state index contributed by atoms with van der Waals surface area (Å²) >= 11 is 0. The quantitative estimate of drug-likeness (QED) is 0.752. The number of amides is 2. The maximum atomic E-state index is 13.0. The molecule has 0 saturated carbocycles. The van der Waals surface area contributed by atoms with Crippen molar-refractivity contribution < 1.29 is 13.9 Å². The molecule has 0 aliphatic carbocycles. The van der Waals surface area contributed by atoms with Gasteiger partial charge in [0.05, 0.1) is 18.8 Å². The molecule has 1 N–H and O–H groups in total. The second-order valence-corrected chi connectivity index (χ2v) is 7.51. The second-order valence-electron chi connectivity index (χ2n) is 7.51. The molecule has 1 aliphatic rings. The van der Waals surface area contributed by atoms with Crippen LogP contribution in [0.2, 0.25) is 0 Å². The molecule has 1 fully saturated rings. The van der Waals surface area contributed by atoms with Crippen LogP contribution in [0.1, 0.15) is 31.2 Å². The van der Waals surface area contributed by atoms with Gasteiger partial charge in [-0.3, -0.25) is 0 Å². The number of benzene rings is 2. The van der Waals surface area contributed by atoms with Gasteiger partial charge in [0, 0.05) is 11.9 Å². The van der Waals surface area contributed by atoms with Gasteiger partial charge >= 0.3 is 6.03 Å². The van der Waals surface area contributed by atoms with Gasteiger partial charge in [-0.15, -0.1) is 0 Å². The first-order valence-electron chi connectivity index (χ1n) is 9.25. The Morgan fingerprint density at radius 2 is 1.85 bits per heavy atom. The minimum Gasteiger partial charge on any atom is -0.459 e. The molecule has 0 spiro atoms. The fourth-order valence-electron chi connectivity index (χ4n) is 3.51. The van der Waals surface area contributed by atoms with Gasteiger partial charge in [-0.1, -0.05) is 48.5 Å². The molecule has 0 bridgehead atoms. The van der Waals surface area contributed by atoms with Crippen molar-refractivity contribution in [2.75, 3.05) is 19.7 Å². The summed E-state index contributed by atoms with van der Waals surface area (Å²) in [4.78, 5) is 14.8. The molecule has 2 aromatic carbocycles. The minimum atomic E-state index is -0.350. The lowest BCUT2D eigenvalue weighted by atomic mass is 10.0. The van der Waals surface area contributed by atoms with Crippen molar-refractivity contribution in [1.82, 2.24) is 10.2 Å². The molecule has 1 atom stereocenters. The number of fused-ring (bicyclic) bond motifs is 1. The zero-order valence-electron chi connectivity index (χ0n) is 15.6. The number of rotatable bonds is 3. The summed E-state index contributed by atoms with van der Waals surface area (Å²) in [7, 11) is 0. The Balaban J connectivity index is 1.63. The average Bonchev–Trinajstić information content (AvgIpc) is 3.09. The van der Waals surface area contributed by atoms with E-state index in [0.717, 1.165) is 22.3 Å². The number of hydrogen-bond acceptors (Lipinski definition) is 3. The van der Waals surface area contributed by atoms with E-state index in [9.17, 15) is 4.79 Å². The SMILES string of the molecule is CC1(C)CN(C(=O)NC(c2ccccc2)c2cc3ccccc3o2)CCO1. The number of carbonyl (C=O) groups excluding carboxylic acids is 1. The molecule has 1 aromatic heterocycles. The van der Waals surface area contributed by atoms with Gasteiger partial charge in [0.25, 0.3) is 0 Å². The molecular weight excluding hydrogens is 340 g/mol. The molecule has 1 unspecified atom stereocenters. The number of nitrogens with zero attached hydrogens (tertiary/aromatic N) is 1. The van der Waals surface area contributed by atoms with Crippen LogP contribution in [-0.2, 0) is 4.74 Å². The minimum absolute atomic E-state index is 0.110. The monoisotopic (exact) mass is 364 g/mol. The van der Waals surface area contributed by atoms with E-state index in [2.05, 4.69) is 5.32 Å². The van der Waals surface area contributed by atoms with Crippen LogP contribution in [0.4, 0.5) is 4.79 Å². The van der Waals surface area contributed by atoms with Crippen molar-refractivity contribution in [3.05, 3.63) is 72.0 Å². The van der Waals surface area contributed by atoms with Crippen LogP contribution >= 0.6 is 0 Å². The van der Waals surface area contributed by atoms with Crippen molar-refractivity contribution in [2.45, 2.75) is 25.5 Å². The van der Waals surface area contributed by atoms with E-state index in [1.54, 1.807) is 0 Å². The zero-order valence-corrected chi connectivity index (χ0v) is 15.6. The molecule has 1 saturated heterocycles. The predicted molar refractivity (Wildman–Crippen MR) is 105 cm³/mol. The fraction of sp³-hybridized carbons (Fsp3) is 0.318. The van der Waals surface area contributed by atoms with E-state index in [0.29, 0.717) is 19.7 Å². The maximum absolute atomic E-state index is 13.0. The van der Waals surface area contributed by atoms with Gasteiger partial charge in [-0.25, -0.2) is 4.79 Å². The molecular formula is C22H24N2O3. The third-order valence-corrected chi connectivity index (χ3v) is 4.84. The number of para-hydroxylation sites is 1. The molecule has 0 radical (unpaired) electrons. The Morgan fingerprint density at radius 3 is 2.59 bits per heavy atom.